The van der Waals surface area contributed by atoms with Gasteiger partial charge < -0.3 is 10.5 Å². The van der Waals surface area contributed by atoms with Gasteiger partial charge in [0.2, 0.25) is 0 Å². The fourth-order valence-electron chi connectivity index (χ4n) is 3.77. The molecule has 2 N–H and O–H groups in total. The van der Waals surface area contributed by atoms with Crippen LogP contribution in [0.5, 0.6) is 0 Å². The van der Waals surface area contributed by atoms with E-state index in [1.54, 1.807) is 0 Å². The van der Waals surface area contributed by atoms with Gasteiger partial charge in [-0.3, -0.25) is 0 Å². The molecular weight excluding hydrogens is 274 g/mol. The minimum absolute atomic E-state index is 0.159. The van der Waals surface area contributed by atoms with Crippen molar-refractivity contribution in [1.29, 1.82) is 0 Å². The van der Waals surface area contributed by atoms with Crippen molar-refractivity contribution in [3.63, 3.8) is 0 Å². The third kappa shape index (κ3) is 4.18. The predicted octanol–water partition coefficient (Wildman–Crippen LogP) is 2.12. The van der Waals surface area contributed by atoms with Crippen LogP contribution in [-0.2, 0) is 14.6 Å². The van der Waals surface area contributed by atoms with Crippen molar-refractivity contribution >= 4 is 9.84 Å². The zero-order valence-corrected chi connectivity index (χ0v) is 13.6. The average Bonchev–Trinajstić information content (AvgIpc) is 2.35. The fraction of sp³-hybridized carbons (Fsp3) is 1.00. The van der Waals surface area contributed by atoms with Gasteiger partial charge in [-0.2, -0.15) is 0 Å². The van der Waals surface area contributed by atoms with Crippen molar-refractivity contribution in [2.45, 2.75) is 69.3 Å². The van der Waals surface area contributed by atoms with Crippen molar-refractivity contribution in [3.8, 4) is 0 Å². The maximum Gasteiger partial charge on any atom is 0.150 e. The van der Waals surface area contributed by atoms with Gasteiger partial charge in [0, 0.05) is 18.9 Å². The average molecular weight is 303 g/mol. The van der Waals surface area contributed by atoms with Gasteiger partial charge in [0.05, 0.1) is 11.4 Å². The van der Waals surface area contributed by atoms with Gasteiger partial charge in [-0.1, -0.05) is 6.42 Å². The van der Waals surface area contributed by atoms with E-state index >= 15 is 0 Å². The van der Waals surface area contributed by atoms with Gasteiger partial charge >= 0.3 is 0 Å². The molecular formula is C15H29NO3S. The molecule has 2 saturated carbocycles. The molecule has 2 aliphatic carbocycles. The largest absolute Gasteiger partial charge is 0.378 e. The maximum absolute atomic E-state index is 11.7. The lowest BCUT2D eigenvalue weighted by Crippen LogP contribution is -2.41. The van der Waals surface area contributed by atoms with Crippen LogP contribution in [0.15, 0.2) is 0 Å². The summed E-state index contributed by atoms with van der Waals surface area (Å²) in [6.45, 7) is 2.83. The highest BCUT2D eigenvalue weighted by Crippen LogP contribution is 2.37. The molecule has 3 atom stereocenters. The van der Waals surface area contributed by atoms with Crippen LogP contribution >= 0.6 is 0 Å². The summed E-state index contributed by atoms with van der Waals surface area (Å²) in [6.07, 6.45) is 8.77. The van der Waals surface area contributed by atoms with Gasteiger partial charge in [-0.15, -0.1) is 0 Å². The van der Waals surface area contributed by atoms with Crippen LogP contribution in [0, 0.1) is 11.8 Å². The minimum Gasteiger partial charge on any atom is -0.378 e. The molecule has 0 saturated heterocycles. The standard InChI is InChI=1S/C15H29NO3S/c1-3-19-13-7-11(8-13)9-15(16)12-5-4-6-14(10-12)20(2,17)18/h11-15H,3-10,16H2,1-2H3. The van der Waals surface area contributed by atoms with Crippen molar-refractivity contribution < 1.29 is 13.2 Å². The Kier molecular flexibility index (Phi) is 5.49. The summed E-state index contributed by atoms with van der Waals surface area (Å²) in [5.74, 6) is 1.06. The van der Waals surface area contributed by atoms with E-state index in [0.717, 1.165) is 51.6 Å². The van der Waals surface area contributed by atoms with Gasteiger partial charge in [0.1, 0.15) is 9.84 Å². The SMILES string of the molecule is CCOC1CC(CC(N)C2CCCC(S(C)(=O)=O)C2)C1. The summed E-state index contributed by atoms with van der Waals surface area (Å²) < 4.78 is 29.0. The van der Waals surface area contributed by atoms with E-state index in [-0.39, 0.29) is 11.3 Å². The van der Waals surface area contributed by atoms with E-state index in [2.05, 4.69) is 0 Å². The summed E-state index contributed by atoms with van der Waals surface area (Å²) in [4.78, 5) is 0. The highest BCUT2D eigenvalue weighted by Gasteiger charge is 2.35. The third-order valence-electron chi connectivity index (χ3n) is 5.08. The molecule has 0 aromatic carbocycles. The topological polar surface area (TPSA) is 69.4 Å². The second-order valence-electron chi connectivity index (χ2n) is 6.69. The summed E-state index contributed by atoms with van der Waals surface area (Å²) in [7, 11) is -2.90. The minimum atomic E-state index is -2.90. The molecule has 0 amide bonds. The molecule has 0 bridgehead atoms. The molecule has 118 valence electrons. The van der Waals surface area contributed by atoms with Crippen LogP contribution in [0.2, 0.25) is 0 Å². The predicted molar refractivity (Wildman–Crippen MR) is 81.3 cm³/mol. The Bertz CT molecular complexity index is 403. The molecule has 4 nitrogen and oxygen atoms in total. The van der Waals surface area contributed by atoms with Gasteiger partial charge in [-0.05, 0) is 57.3 Å². The van der Waals surface area contributed by atoms with Crippen LogP contribution in [-0.4, -0.2) is 38.7 Å². The van der Waals surface area contributed by atoms with E-state index in [1.165, 1.54) is 6.26 Å². The van der Waals surface area contributed by atoms with Crippen molar-refractivity contribution in [2.24, 2.45) is 17.6 Å². The number of hydrogen-bond donors (Lipinski definition) is 1. The highest BCUT2D eigenvalue weighted by molar-refractivity contribution is 7.91. The van der Waals surface area contributed by atoms with Gasteiger partial charge in [0.15, 0.2) is 0 Å². The number of rotatable bonds is 6. The Labute approximate surface area is 123 Å². The smallest absolute Gasteiger partial charge is 0.150 e. The zero-order chi connectivity index (χ0) is 14.8. The van der Waals surface area contributed by atoms with Crippen LogP contribution in [0.3, 0.4) is 0 Å². The second-order valence-corrected chi connectivity index (χ2v) is 9.02. The molecule has 0 heterocycles. The first-order valence-corrected chi connectivity index (χ1v) is 9.91. The number of hydrogen-bond acceptors (Lipinski definition) is 4. The molecule has 2 rings (SSSR count). The lowest BCUT2D eigenvalue weighted by molar-refractivity contribution is -0.0299. The Hall–Kier alpha value is -0.130. The highest BCUT2D eigenvalue weighted by atomic mass is 32.2. The lowest BCUT2D eigenvalue weighted by Gasteiger charge is -2.39. The van der Waals surface area contributed by atoms with E-state index in [1.807, 2.05) is 6.92 Å². The van der Waals surface area contributed by atoms with E-state index in [9.17, 15) is 8.42 Å². The van der Waals surface area contributed by atoms with Crippen LogP contribution < -0.4 is 5.73 Å². The zero-order valence-electron chi connectivity index (χ0n) is 12.8. The molecule has 0 aromatic heterocycles. The van der Waals surface area contributed by atoms with E-state index in [0.29, 0.717) is 17.9 Å². The Balaban J connectivity index is 1.77. The Morgan fingerprint density at radius 1 is 1.25 bits per heavy atom. The van der Waals surface area contributed by atoms with E-state index in [4.69, 9.17) is 10.5 Å². The summed E-state index contributed by atoms with van der Waals surface area (Å²) in [6, 6.07) is 0.159. The molecule has 20 heavy (non-hydrogen) atoms. The first-order valence-electron chi connectivity index (χ1n) is 7.96. The molecule has 3 unspecified atom stereocenters. The van der Waals surface area contributed by atoms with Crippen molar-refractivity contribution in [1.82, 2.24) is 0 Å². The molecule has 5 heteroatoms. The summed E-state index contributed by atoms with van der Waals surface area (Å²) >= 11 is 0. The van der Waals surface area contributed by atoms with Gasteiger partial charge in [0.25, 0.3) is 0 Å². The normalized spacial score (nSPS) is 36.4. The maximum atomic E-state index is 11.7. The summed E-state index contributed by atoms with van der Waals surface area (Å²) in [5.41, 5.74) is 6.35. The van der Waals surface area contributed by atoms with Crippen LogP contribution in [0.25, 0.3) is 0 Å². The van der Waals surface area contributed by atoms with Crippen molar-refractivity contribution in [3.05, 3.63) is 0 Å². The first kappa shape index (κ1) is 16.2. The monoisotopic (exact) mass is 303 g/mol. The molecule has 2 aliphatic rings. The molecule has 0 aliphatic heterocycles. The second kappa shape index (κ2) is 6.75. The number of ether oxygens (including phenoxy) is 1. The molecule has 0 spiro atoms. The van der Waals surface area contributed by atoms with Crippen molar-refractivity contribution in [2.75, 3.05) is 12.9 Å². The lowest BCUT2D eigenvalue weighted by atomic mass is 9.74. The summed E-state index contributed by atoms with van der Waals surface area (Å²) in [5, 5.41) is -0.162. The fourth-order valence-corrected chi connectivity index (χ4v) is 4.97. The molecule has 0 radical (unpaired) electrons. The third-order valence-corrected chi connectivity index (χ3v) is 6.72. The molecule has 0 aromatic rings. The number of sulfone groups is 1. The Morgan fingerprint density at radius 2 is 1.95 bits per heavy atom. The van der Waals surface area contributed by atoms with Crippen LogP contribution in [0.1, 0.15) is 51.9 Å². The first-order chi connectivity index (χ1) is 9.40. The van der Waals surface area contributed by atoms with Gasteiger partial charge in [-0.25, -0.2) is 8.42 Å². The van der Waals surface area contributed by atoms with E-state index < -0.39 is 9.84 Å². The van der Waals surface area contributed by atoms with Crippen LogP contribution in [0.4, 0.5) is 0 Å². The number of nitrogens with two attached hydrogens (primary N) is 1. The quantitative estimate of drug-likeness (QED) is 0.816. The molecule has 2 fully saturated rings. The Morgan fingerprint density at radius 3 is 2.55 bits per heavy atom.